The van der Waals surface area contributed by atoms with Gasteiger partial charge in [0.1, 0.15) is 0 Å². The molecule has 1 amide bonds. The van der Waals surface area contributed by atoms with E-state index in [-0.39, 0.29) is 10.8 Å². The highest BCUT2D eigenvalue weighted by Crippen LogP contribution is 2.21. The first-order valence-electron chi connectivity index (χ1n) is 11.1. The normalized spacial score (nSPS) is 15.2. The van der Waals surface area contributed by atoms with Gasteiger partial charge in [0, 0.05) is 57.2 Å². The van der Waals surface area contributed by atoms with Gasteiger partial charge in [0.25, 0.3) is 5.91 Å². The summed E-state index contributed by atoms with van der Waals surface area (Å²) >= 11 is 0. The number of nitrogens with one attached hydrogen (secondary N) is 1. The zero-order chi connectivity index (χ0) is 23.0. The molecule has 0 bridgehead atoms. The summed E-state index contributed by atoms with van der Waals surface area (Å²) in [5.41, 5.74) is 1.44. The van der Waals surface area contributed by atoms with Crippen molar-refractivity contribution in [2.45, 2.75) is 25.2 Å². The Bertz CT molecular complexity index is 972. The van der Waals surface area contributed by atoms with Crippen LogP contribution in [0, 0.1) is 5.92 Å². The number of ether oxygens (including phenoxy) is 1. The van der Waals surface area contributed by atoms with Gasteiger partial charge in [-0.1, -0.05) is 38.1 Å². The van der Waals surface area contributed by atoms with Gasteiger partial charge in [-0.2, -0.15) is 4.31 Å². The molecule has 8 heteroatoms. The van der Waals surface area contributed by atoms with Crippen LogP contribution >= 0.6 is 0 Å². The van der Waals surface area contributed by atoms with Crippen molar-refractivity contribution in [2.24, 2.45) is 5.92 Å². The van der Waals surface area contributed by atoms with Crippen LogP contribution in [0.25, 0.3) is 0 Å². The van der Waals surface area contributed by atoms with Crippen LogP contribution in [-0.4, -0.2) is 64.6 Å². The third kappa shape index (κ3) is 6.54. The zero-order valence-electron chi connectivity index (χ0n) is 18.9. The number of piperazine rings is 1. The highest BCUT2D eigenvalue weighted by Gasteiger charge is 2.29. The Balaban J connectivity index is 1.55. The van der Waals surface area contributed by atoms with Crippen LogP contribution in [0.15, 0.2) is 59.5 Å². The number of rotatable bonds is 10. The van der Waals surface area contributed by atoms with Crippen LogP contribution in [-0.2, 0) is 14.8 Å². The van der Waals surface area contributed by atoms with Crippen molar-refractivity contribution in [3.8, 4) is 0 Å². The minimum absolute atomic E-state index is 0.151. The molecule has 0 unspecified atom stereocenters. The molecule has 1 aliphatic heterocycles. The average molecular weight is 460 g/mol. The van der Waals surface area contributed by atoms with E-state index in [1.54, 1.807) is 18.2 Å². The van der Waals surface area contributed by atoms with E-state index in [0.717, 1.165) is 5.69 Å². The summed E-state index contributed by atoms with van der Waals surface area (Å²) in [7, 11) is -3.66. The van der Waals surface area contributed by atoms with Crippen molar-refractivity contribution in [3.63, 3.8) is 0 Å². The maximum Gasteiger partial charge on any atom is 0.251 e. The number of hydrogen-bond donors (Lipinski definition) is 1. The molecule has 174 valence electrons. The van der Waals surface area contributed by atoms with Crippen LogP contribution < -0.4 is 10.2 Å². The number of carbonyl (C=O) groups excluding carboxylic acids is 1. The van der Waals surface area contributed by atoms with E-state index in [4.69, 9.17) is 4.74 Å². The smallest absolute Gasteiger partial charge is 0.251 e. The summed E-state index contributed by atoms with van der Waals surface area (Å²) in [5, 5.41) is 2.84. The molecule has 0 saturated carbocycles. The topological polar surface area (TPSA) is 78.9 Å². The third-order valence-corrected chi connectivity index (χ3v) is 7.19. The first-order chi connectivity index (χ1) is 15.4. The molecule has 0 radical (unpaired) electrons. The predicted molar refractivity (Wildman–Crippen MR) is 126 cm³/mol. The van der Waals surface area contributed by atoms with E-state index in [1.807, 2.05) is 30.3 Å². The van der Waals surface area contributed by atoms with E-state index in [9.17, 15) is 13.2 Å². The lowest BCUT2D eigenvalue weighted by atomic mass is 10.2. The second-order valence-corrected chi connectivity index (χ2v) is 10.3. The van der Waals surface area contributed by atoms with E-state index >= 15 is 0 Å². The number of benzene rings is 2. The van der Waals surface area contributed by atoms with E-state index in [2.05, 4.69) is 24.1 Å². The van der Waals surface area contributed by atoms with Crippen molar-refractivity contribution in [1.29, 1.82) is 0 Å². The Morgan fingerprint density at radius 1 is 1.03 bits per heavy atom. The predicted octanol–water partition coefficient (Wildman–Crippen LogP) is 2.99. The van der Waals surface area contributed by atoms with Crippen LogP contribution in [0.1, 0.15) is 30.6 Å². The highest BCUT2D eigenvalue weighted by atomic mass is 32.2. The monoisotopic (exact) mass is 459 g/mol. The van der Waals surface area contributed by atoms with Gasteiger partial charge in [0.2, 0.25) is 10.0 Å². The molecule has 0 spiro atoms. The van der Waals surface area contributed by atoms with E-state index < -0.39 is 10.0 Å². The summed E-state index contributed by atoms with van der Waals surface area (Å²) in [6.45, 7) is 8.02. The maximum atomic E-state index is 13.2. The Labute approximate surface area is 191 Å². The molecule has 2 aromatic rings. The fourth-order valence-corrected chi connectivity index (χ4v) is 5.04. The number of amides is 1. The van der Waals surface area contributed by atoms with Crippen molar-refractivity contribution in [1.82, 2.24) is 9.62 Å². The molecule has 0 atom stereocenters. The maximum absolute atomic E-state index is 13.2. The molecule has 1 heterocycles. The third-order valence-electron chi connectivity index (χ3n) is 5.30. The Morgan fingerprint density at radius 3 is 2.44 bits per heavy atom. The van der Waals surface area contributed by atoms with Crippen molar-refractivity contribution < 1.29 is 17.9 Å². The number of para-hydroxylation sites is 1. The number of carbonyl (C=O) groups is 1. The zero-order valence-corrected chi connectivity index (χ0v) is 19.7. The lowest BCUT2D eigenvalue weighted by Crippen LogP contribution is -2.48. The molecule has 1 aliphatic rings. The largest absolute Gasteiger partial charge is 0.381 e. The molecule has 7 nitrogen and oxygen atoms in total. The summed E-state index contributed by atoms with van der Waals surface area (Å²) in [6, 6.07) is 16.3. The van der Waals surface area contributed by atoms with Gasteiger partial charge in [-0.15, -0.1) is 0 Å². The van der Waals surface area contributed by atoms with Gasteiger partial charge in [-0.05, 0) is 42.7 Å². The van der Waals surface area contributed by atoms with Crippen molar-refractivity contribution in [3.05, 3.63) is 60.2 Å². The summed E-state index contributed by atoms with van der Waals surface area (Å²) in [4.78, 5) is 14.8. The first-order valence-corrected chi connectivity index (χ1v) is 12.6. The molecule has 32 heavy (non-hydrogen) atoms. The van der Waals surface area contributed by atoms with Gasteiger partial charge >= 0.3 is 0 Å². The number of sulfonamides is 1. The van der Waals surface area contributed by atoms with Gasteiger partial charge in [-0.25, -0.2) is 8.42 Å². The quantitative estimate of drug-likeness (QED) is 0.553. The Hall–Kier alpha value is -2.42. The molecule has 0 aliphatic carbocycles. The lowest BCUT2D eigenvalue weighted by Gasteiger charge is -2.35. The number of hydrogen-bond acceptors (Lipinski definition) is 5. The molecule has 3 rings (SSSR count). The SMILES string of the molecule is CC(C)COCCCNC(=O)c1cccc(S(=O)(=O)N2CCN(c3ccccc3)CC2)c1. The van der Waals surface area contributed by atoms with E-state index in [0.29, 0.717) is 63.8 Å². The van der Waals surface area contributed by atoms with Gasteiger partial charge in [0.05, 0.1) is 4.90 Å². The second kappa shape index (κ2) is 11.4. The number of nitrogens with zero attached hydrogens (tertiary/aromatic N) is 2. The molecular weight excluding hydrogens is 426 g/mol. The minimum Gasteiger partial charge on any atom is -0.381 e. The standard InChI is InChI=1S/C24H33N3O4S/c1-20(2)19-31-17-7-12-25-24(28)21-8-6-11-23(18-21)32(29,30)27-15-13-26(14-16-27)22-9-4-3-5-10-22/h3-6,8-11,18,20H,7,12-17,19H2,1-2H3,(H,25,28). The molecule has 1 fully saturated rings. The molecule has 1 saturated heterocycles. The molecule has 1 N–H and O–H groups in total. The van der Waals surface area contributed by atoms with E-state index in [1.165, 1.54) is 10.4 Å². The number of anilines is 1. The average Bonchev–Trinajstić information content (AvgIpc) is 2.81. The van der Waals surface area contributed by atoms with Crippen molar-refractivity contribution >= 4 is 21.6 Å². The van der Waals surface area contributed by atoms with Gasteiger partial charge < -0.3 is 15.0 Å². The second-order valence-electron chi connectivity index (χ2n) is 8.33. The van der Waals surface area contributed by atoms with Crippen LogP contribution in [0.2, 0.25) is 0 Å². The first kappa shape index (κ1) is 24.2. The van der Waals surface area contributed by atoms with Gasteiger partial charge in [-0.3, -0.25) is 4.79 Å². The molecule has 2 aromatic carbocycles. The Kier molecular flexibility index (Phi) is 8.67. The van der Waals surface area contributed by atoms with Crippen LogP contribution in [0.4, 0.5) is 5.69 Å². The highest BCUT2D eigenvalue weighted by molar-refractivity contribution is 7.89. The van der Waals surface area contributed by atoms with Gasteiger partial charge in [0.15, 0.2) is 0 Å². The fourth-order valence-electron chi connectivity index (χ4n) is 3.57. The minimum atomic E-state index is -3.66. The van der Waals surface area contributed by atoms with Crippen LogP contribution in [0.3, 0.4) is 0 Å². The summed E-state index contributed by atoms with van der Waals surface area (Å²) in [6.07, 6.45) is 0.710. The molecule has 0 aromatic heterocycles. The molecular formula is C24H33N3O4S. The lowest BCUT2D eigenvalue weighted by molar-refractivity contribution is 0.0924. The van der Waals surface area contributed by atoms with Crippen LogP contribution in [0.5, 0.6) is 0 Å². The summed E-state index contributed by atoms with van der Waals surface area (Å²) < 4.78 is 33.3. The Morgan fingerprint density at radius 2 is 1.75 bits per heavy atom. The van der Waals surface area contributed by atoms with Crippen molar-refractivity contribution in [2.75, 3.05) is 50.8 Å². The fraction of sp³-hybridized carbons (Fsp3) is 0.458. The summed E-state index contributed by atoms with van der Waals surface area (Å²) in [5.74, 6) is 0.204.